The largest absolute Gasteiger partial charge is 0.339 e. The summed E-state index contributed by atoms with van der Waals surface area (Å²) >= 11 is 0. The van der Waals surface area contributed by atoms with Crippen LogP contribution in [0.25, 0.3) is 0 Å². The van der Waals surface area contributed by atoms with Gasteiger partial charge in [-0.05, 0) is 38.4 Å². The number of hydrogen-bond acceptors (Lipinski definition) is 2. The second-order valence-corrected chi connectivity index (χ2v) is 5.47. The predicted molar refractivity (Wildman–Crippen MR) is 82.3 cm³/mol. The van der Waals surface area contributed by atoms with E-state index in [2.05, 4.69) is 56.9 Å². The molecule has 2 rings (SSSR count). The molecule has 1 amide bonds. The number of piperazine rings is 1. The molecule has 0 spiro atoms. The fourth-order valence-corrected chi connectivity index (χ4v) is 3.30. The van der Waals surface area contributed by atoms with E-state index in [1.807, 2.05) is 11.0 Å². The van der Waals surface area contributed by atoms with Gasteiger partial charge in [0.1, 0.15) is 0 Å². The minimum Gasteiger partial charge on any atom is -0.339 e. The van der Waals surface area contributed by atoms with Crippen molar-refractivity contribution in [3.05, 3.63) is 42.8 Å². The second kappa shape index (κ2) is 8.10. The summed E-state index contributed by atoms with van der Waals surface area (Å²) in [4.78, 5) is 16.7. The second-order valence-electron chi connectivity index (χ2n) is 5.47. The molecule has 0 bridgehead atoms. The molecule has 0 aliphatic carbocycles. The molecule has 0 radical (unpaired) electrons. The topological polar surface area (TPSA) is 23.6 Å². The van der Waals surface area contributed by atoms with E-state index in [4.69, 9.17) is 0 Å². The average Bonchev–Trinajstić information content (AvgIpc) is 2.47. The molecule has 1 saturated heterocycles. The Hall–Kier alpha value is -0.662. The Bertz CT molecular complexity index is 451. The molecule has 0 saturated carbocycles. The van der Waals surface area contributed by atoms with Gasteiger partial charge in [-0.3, -0.25) is 4.79 Å². The van der Waals surface area contributed by atoms with Gasteiger partial charge in [0.05, 0.1) is 6.04 Å². The van der Waals surface area contributed by atoms with E-state index < -0.39 is 0 Å². The van der Waals surface area contributed by atoms with Crippen molar-refractivity contribution in [3.8, 4) is 0 Å². The first-order valence-electron chi connectivity index (χ1n) is 7.53. The zero-order chi connectivity index (χ0) is 14.7. The molecule has 1 aromatic rings. The summed E-state index contributed by atoms with van der Waals surface area (Å²) in [6.45, 7) is 12.0. The van der Waals surface area contributed by atoms with Crippen LogP contribution in [0.4, 0.5) is 0 Å². The number of likely N-dealkylation sites (N-methyl/N-ethyl adjacent to an activating group) is 2. The van der Waals surface area contributed by atoms with Crippen LogP contribution < -0.4 is 0 Å². The van der Waals surface area contributed by atoms with Gasteiger partial charge >= 0.3 is 0 Å². The van der Waals surface area contributed by atoms with Crippen LogP contribution >= 0.6 is 0 Å². The SMILES string of the molecule is [CH2-]C1C(=O)N(CC)C(Cc2ccccc2)C(C)N1CC.[W]. The third-order valence-electron chi connectivity index (χ3n) is 4.44. The van der Waals surface area contributed by atoms with Crippen LogP contribution in [-0.4, -0.2) is 46.9 Å². The Balaban J connectivity index is 0.00000220. The van der Waals surface area contributed by atoms with Crippen LogP contribution in [0.5, 0.6) is 0 Å². The van der Waals surface area contributed by atoms with Crippen LogP contribution in [0, 0.1) is 6.92 Å². The average molecular weight is 457 g/mol. The van der Waals surface area contributed by atoms with Gasteiger partial charge < -0.3 is 16.7 Å². The third kappa shape index (κ3) is 3.76. The third-order valence-corrected chi connectivity index (χ3v) is 4.44. The van der Waals surface area contributed by atoms with E-state index in [1.165, 1.54) is 5.56 Å². The van der Waals surface area contributed by atoms with Gasteiger partial charge in [-0.15, -0.1) is 0 Å². The van der Waals surface area contributed by atoms with Gasteiger partial charge in [-0.2, -0.15) is 0 Å². The molecule has 3 unspecified atom stereocenters. The van der Waals surface area contributed by atoms with E-state index in [9.17, 15) is 4.79 Å². The summed E-state index contributed by atoms with van der Waals surface area (Å²) in [6, 6.07) is 10.7. The van der Waals surface area contributed by atoms with Crippen molar-refractivity contribution in [1.29, 1.82) is 0 Å². The zero-order valence-corrected chi connectivity index (χ0v) is 16.1. The summed E-state index contributed by atoms with van der Waals surface area (Å²) in [6.07, 6.45) is 0.908. The van der Waals surface area contributed by atoms with Crippen molar-refractivity contribution >= 4 is 5.91 Å². The van der Waals surface area contributed by atoms with Crippen molar-refractivity contribution in [2.45, 2.75) is 45.3 Å². The number of carbonyl (C=O) groups excluding carboxylic acids is 1. The predicted octanol–water partition coefficient (Wildman–Crippen LogP) is 2.37. The van der Waals surface area contributed by atoms with E-state index in [-0.39, 0.29) is 39.1 Å². The van der Waals surface area contributed by atoms with Gasteiger partial charge in [-0.25, -0.2) is 0 Å². The standard InChI is InChI=1S/C17H25N2O.W/c1-5-18-13(3)16(12-15-10-8-7-9-11-15)19(6-2)17(20)14(18)4;/h7-11,13-14,16H,4-6,12H2,1-3H3;/q-1;. The van der Waals surface area contributed by atoms with Crippen molar-refractivity contribution in [1.82, 2.24) is 9.80 Å². The quantitative estimate of drug-likeness (QED) is 0.649. The molecule has 0 N–H and O–H groups in total. The molecule has 0 aromatic heterocycles. The first-order chi connectivity index (χ1) is 9.60. The molecular formula is C17H25N2OW-. The van der Waals surface area contributed by atoms with Gasteiger partial charge in [0, 0.05) is 33.7 Å². The maximum atomic E-state index is 12.5. The molecule has 116 valence electrons. The van der Waals surface area contributed by atoms with Crippen LogP contribution in [0.1, 0.15) is 26.3 Å². The van der Waals surface area contributed by atoms with Crippen molar-refractivity contribution in [2.75, 3.05) is 13.1 Å². The van der Waals surface area contributed by atoms with Gasteiger partial charge in [-0.1, -0.05) is 37.3 Å². The number of carbonyl (C=O) groups is 1. The van der Waals surface area contributed by atoms with Crippen molar-refractivity contribution in [3.63, 3.8) is 0 Å². The fraction of sp³-hybridized carbons (Fsp3) is 0.529. The minimum atomic E-state index is -0.248. The summed E-state index contributed by atoms with van der Waals surface area (Å²) in [7, 11) is 0. The Morgan fingerprint density at radius 3 is 2.29 bits per heavy atom. The number of benzene rings is 1. The summed E-state index contributed by atoms with van der Waals surface area (Å²) in [5.74, 6) is 0.161. The van der Waals surface area contributed by atoms with Crippen LogP contribution in [0.3, 0.4) is 0 Å². The number of rotatable bonds is 4. The van der Waals surface area contributed by atoms with Gasteiger partial charge in [0.15, 0.2) is 0 Å². The summed E-state index contributed by atoms with van der Waals surface area (Å²) in [5, 5.41) is 0. The van der Waals surface area contributed by atoms with E-state index in [0.29, 0.717) is 6.04 Å². The molecule has 21 heavy (non-hydrogen) atoms. The molecule has 4 heteroatoms. The normalized spacial score (nSPS) is 26.6. The van der Waals surface area contributed by atoms with Gasteiger partial charge in [0.2, 0.25) is 5.91 Å². The summed E-state index contributed by atoms with van der Waals surface area (Å²) in [5.41, 5.74) is 1.29. The molecule has 1 aromatic carbocycles. The van der Waals surface area contributed by atoms with Crippen molar-refractivity contribution in [2.24, 2.45) is 0 Å². The molecule has 3 atom stereocenters. The maximum absolute atomic E-state index is 12.5. The minimum absolute atomic E-state index is 0. The van der Waals surface area contributed by atoms with E-state index >= 15 is 0 Å². The monoisotopic (exact) mass is 457 g/mol. The fourth-order valence-electron chi connectivity index (χ4n) is 3.30. The first-order valence-corrected chi connectivity index (χ1v) is 7.53. The Morgan fingerprint density at radius 1 is 1.14 bits per heavy atom. The van der Waals surface area contributed by atoms with Crippen LogP contribution in [0.2, 0.25) is 0 Å². The maximum Gasteiger partial charge on any atom is 0.209 e. The van der Waals surface area contributed by atoms with E-state index in [1.54, 1.807) is 0 Å². The Morgan fingerprint density at radius 2 is 1.76 bits per heavy atom. The molecule has 1 fully saturated rings. The smallest absolute Gasteiger partial charge is 0.209 e. The number of nitrogens with zero attached hydrogens (tertiary/aromatic N) is 2. The number of amides is 1. The van der Waals surface area contributed by atoms with E-state index in [0.717, 1.165) is 19.5 Å². The molecular weight excluding hydrogens is 432 g/mol. The molecule has 1 aliphatic rings. The summed E-state index contributed by atoms with van der Waals surface area (Å²) < 4.78 is 0. The zero-order valence-electron chi connectivity index (χ0n) is 13.2. The van der Waals surface area contributed by atoms with Crippen LogP contribution in [-0.2, 0) is 32.3 Å². The van der Waals surface area contributed by atoms with Gasteiger partial charge in [0.25, 0.3) is 0 Å². The van der Waals surface area contributed by atoms with Crippen LogP contribution in [0.15, 0.2) is 30.3 Å². The first kappa shape index (κ1) is 18.4. The molecule has 3 nitrogen and oxygen atoms in total. The van der Waals surface area contributed by atoms with Crippen molar-refractivity contribution < 1.29 is 25.9 Å². The molecule has 1 heterocycles. The Labute approximate surface area is 143 Å². The number of hydrogen-bond donors (Lipinski definition) is 0. The molecule has 1 aliphatic heterocycles. The Kier molecular flexibility index (Phi) is 7.09.